The Morgan fingerprint density at radius 3 is 2.31 bits per heavy atom. The van der Waals surface area contributed by atoms with E-state index >= 15 is 0 Å². The fourth-order valence-corrected chi connectivity index (χ4v) is 2.39. The largest absolute Gasteiger partial charge is 0.412 e. The van der Waals surface area contributed by atoms with Gasteiger partial charge in [-0.15, -0.1) is 0 Å². The number of nitrogens with zero attached hydrogens (tertiary/aromatic N) is 2. The third-order valence-electron chi connectivity index (χ3n) is 3.67. The van der Waals surface area contributed by atoms with Crippen molar-refractivity contribution in [2.24, 2.45) is 0 Å². The molecule has 0 saturated heterocycles. The topological polar surface area (TPSA) is 46.9 Å². The predicted octanol–water partition coefficient (Wildman–Crippen LogP) is 4.04. The van der Waals surface area contributed by atoms with Crippen molar-refractivity contribution < 1.29 is 22.4 Å². The van der Waals surface area contributed by atoms with E-state index in [1.807, 2.05) is 5.32 Å². The van der Waals surface area contributed by atoms with Crippen molar-refractivity contribution in [2.75, 3.05) is 0 Å². The van der Waals surface area contributed by atoms with Gasteiger partial charge in [0, 0.05) is 6.20 Å². The highest BCUT2D eigenvalue weighted by molar-refractivity contribution is 5.94. The number of para-hydroxylation sites is 1. The summed E-state index contributed by atoms with van der Waals surface area (Å²) in [4.78, 5) is 12.2. The molecule has 2 aromatic carbocycles. The first-order valence-corrected chi connectivity index (χ1v) is 7.58. The first-order chi connectivity index (χ1) is 12.3. The van der Waals surface area contributed by atoms with E-state index in [-0.39, 0.29) is 11.1 Å². The van der Waals surface area contributed by atoms with Crippen LogP contribution in [-0.4, -0.2) is 21.9 Å². The maximum Gasteiger partial charge on any atom is 0.412 e. The number of benzene rings is 2. The molecule has 3 rings (SSSR count). The monoisotopic (exact) mass is 363 g/mol. The number of hydrogen-bond donors (Lipinski definition) is 1. The third kappa shape index (κ3) is 3.90. The lowest BCUT2D eigenvalue weighted by atomic mass is 10.1. The number of amides is 1. The lowest BCUT2D eigenvalue weighted by molar-refractivity contribution is -0.155. The summed E-state index contributed by atoms with van der Waals surface area (Å²) >= 11 is 0. The molecule has 0 aliphatic heterocycles. The van der Waals surface area contributed by atoms with Crippen LogP contribution in [0.3, 0.4) is 0 Å². The molecule has 0 fully saturated rings. The first kappa shape index (κ1) is 17.7. The highest BCUT2D eigenvalue weighted by atomic mass is 19.4. The Balaban J connectivity index is 1.82. The van der Waals surface area contributed by atoms with Gasteiger partial charge in [0.1, 0.15) is 5.82 Å². The van der Waals surface area contributed by atoms with E-state index in [1.165, 1.54) is 17.1 Å². The Kier molecular flexibility index (Phi) is 4.75. The van der Waals surface area contributed by atoms with Crippen molar-refractivity contribution in [1.29, 1.82) is 0 Å². The minimum absolute atomic E-state index is 0.0229. The van der Waals surface area contributed by atoms with Crippen LogP contribution < -0.4 is 5.32 Å². The molecule has 1 atom stereocenters. The molecule has 1 heterocycles. The van der Waals surface area contributed by atoms with Crippen LogP contribution in [0.2, 0.25) is 0 Å². The summed E-state index contributed by atoms with van der Waals surface area (Å²) in [6, 6.07) is 10.4. The number of alkyl halides is 3. The van der Waals surface area contributed by atoms with Gasteiger partial charge in [0.2, 0.25) is 0 Å². The SMILES string of the molecule is O=C(NC(c1ccc(F)cc1)C(F)(F)F)c1cnn(-c2ccccc2)c1. The van der Waals surface area contributed by atoms with Crippen molar-refractivity contribution in [3.8, 4) is 5.69 Å². The van der Waals surface area contributed by atoms with Gasteiger partial charge in [-0.1, -0.05) is 30.3 Å². The van der Waals surface area contributed by atoms with Gasteiger partial charge in [-0.25, -0.2) is 9.07 Å². The minimum Gasteiger partial charge on any atom is -0.337 e. The Hall–Kier alpha value is -3.16. The van der Waals surface area contributed by atoms with Gasteiger partial charge in [-0.2, -0.15) is 18.3 Å². The van der Waals surface area contributed by atoms with Crippen LogP contribution in [0, 0.1) is 5.82 Å². The van der Waals surface area contributed by atoms with Crippen LogP contribution in [0.5, 0.6) is 0 Å². The Morgan fingerprint density at radius 1 is 1.04 bits per heavy atom. The van der Waals surface area contributed by atoms with Gasteiger partial charge in [0.25, 0.3) is 5.91 Å². The summed E-state index contributed by atoms with van der Waals surface area (Å²) in [5.41, 5.74) is 0.380. The molecular weight excluding hydrogens is 350 g/mol. The van der Waals surface area contributed by atoms with Crippen LogP contribution >= 0.6 is 0 Å². The van der Waals surface area contributed by atoms with Crippen molar-refractivity contribution in [2.45, 2.75) is 12.2 Å². The lowest BCUT2D eigenvalue weighted by Gasteiger charge is -2.21. The number of carbonyl (C=O) groups excluding carboxylic acids is 1. The second kappa shape index (κ2) is 6.99. The molecule has 1 aromatic heterocycles. The Labute approximate surface area is 146 Å². The fraction of sp³-hybridized carbons (Fsp3) is 0.111. The number of nitrogens with one attached hydrogen (secondary N) is 1. The molecule has 26 heavy (non-hydrogen) atoms. The Bertz CT molecular complexity index is 889. The molecule has 4 nitrogen and oxygen atoms in total. The smallest absolute Gasteiger partial charge is 0.337 e. The molecule has 0 aliphatic carbocycles. The van der Waals surface area contributed by atoms with Gasteiger partial charge in [-0.05, 0) is 29.8 Å². The van der Waals surface area contributed by atoms with Crippen molar-refractivity contribution in [3.05, 3.63) is 83.9 Å². The third-order valence-corrected chi connectivity index (χ3v) is 3.67. The molecule has 0 aliphatic rings. The number of aromatic nitrogens is 2. The number of hydrogen-bond acceptors (Lipinski definition) is 2. The molecule has 0 bridgehead atoms. The van der Waals surface area contributed by atoms with Crippen LogP contribution in [0.1, 0.15) is 22.0 Å². The molecular formula is C18H13F4N3O. The van der Waals surface area contributed by atoms with Crippen molar-refractivity contribution in [3.63, 3.8) is 0 Å². The van der Waals surface area contributed by atoms with Crippen molar-refractivity contribution >= 4 is 5.91 Å². The molecule has 3 aromatic rings. The van der Waals surface area contributed by atoms with Crippen LogP contribution in [-0.2, 0) is 0 Å². The molecule has 0 spiro atoms. The van der Waals surface area contributed by atoms with Crippen LogP contribution in [0.25, 0.3) is 5.69 Å². The molecule has 1 unspecified atom stereocenters. The van der Waals surface area contributed by atoms with Crippen LogP contribution in [0.15, 0.2) is 67.0 Å². The number of halogens is 4. The second-order valence-electron chi connectivity index (χ2n) is 5.51. The van der Waals surface area contributed by atoms with E-state index in [1.54, 1.807) is 30.3 Å². The normalized spacial score (nSPS) is 12.6. The summed E-state index contributed by atoms with van der Waals surface area (Å²) in [5.74, 6) is -1.59. The standard InChI is InChI=1S/C18H13F4N3O/c19-14-8-6-12(7-9-14)16(18(20,21)22)24-17(26)13-10-23-25(11-13)15-4-2-1-3-5-15/h1-11,16H,(H,24,26). The van der Waals surface area contributed by atoms with E-state index in [4.69, 9.17) is 0 Å². The maximum absolute atomic E-state index is 13.3. The van der Waals surface area contributed by atoms with Gasteiger partial charge >= 0.3 is 6.18 Å². The summed E-state index contributed by atoms with van der Waals surface area (Å²) in [6.45, 7) is 0. The average molecular weight is 363 g/mol. The predicted molar refractivity (Wildman–Crippen MR) is 86.2 cm³/mol. The number of rotatable bonds is 4. The van der Waals surface area contributed by atoms with E-state index in [0.29, 0.717) is 5.69 Å². The Morgan fingerprint density at radius 2 is 1.69 bits per heavy atom. The van der Waals surface area contributed by atoms with E-state index in [0.717, 1.165) is 24.3 Å². The van der Waals surface area contributed by atoms with Gasteiger partial charge in [-0.3, -0.25) is 4.79 Å². The molecule has 0 saturated carbocycles. The fourth-order valence-electron chi connectivity index (χ4n) is 2.39. The van der Waals surface area contributed by atoms with Gasteiger partial charge in [0.15, 0.2) is 6.04 Å². The molecule has 0 radical (unpaired) electrons. The van der Waals surface area contributed by atoms with Gasteiger partial charge in [0.05, 0.1) is 17.4 Å². The maximum atomic E-state index is 13.3. The minimum atomic E-state index is -4.73. The highest BCUT2D eigenvalue weighted by Gasteiger charge is 2.42. The molecule has 134 valence electrons. The average Bonchev–Trinajstić information content (AvgIpc) is 3.10. The van der Waals surface area contributed by atoms with Crippen LogP contribution in [0.4, 0.5) is 17.6 Å². The quantitative estimate of drug-likeness (QED) is 0.711. The summed E-state index contributed by atoms with van der Waals surface area (Å²) < 4.78 is 54.3. The van der Waals surface area contributed by atoms with E-state index < -0.39 is 23.9 Å². The molecule has 1 N–H and O–H groups in total. The molecule has 1 amide bonds. The first-order valence-electron chi connectivity index (χ1n) is 7.58. The summed E-state index contributed by atoms with van der Waals surface area (Å²) in [6.07, 6.45) is -2.22. The summed E-state index contributed by atoms with van der Waals surface area (Å²) in [7, 11) is 0. The van der Waals surface area contributed by atoms with Crippen molar-refractivity contribution in [1.82, 2.24) is 15.1 Å². The van der Waals surface area contributed by atoms with E-state index in [9.17, 15) is 22.4 Å². The second-order valence-corrected chi connectivity index (χ2v) is 5.51. The summed E-state index contributed by atoms with van der Waals surface area (Å²) in [5, 5.41) is 5.92. The number of carbonyl (C=O) groups is 1. The van der Waals surface area contributed by atoms with Gasteiger partial charge < -0.3 is 5.32 Å². The van der Waals surface area contributed by atoms with E-state index in [2.05, 4.69) is 5.10 Å². The highest BCUT2D eigenvalue weighted by Crippen LogP contribution is 2.33. The zero-order chi connectivity index (χ0) is 18.7. The lowest BCUT2D eigenvalue weighted by Crippen LogP contribution is -2.38. The molecule has 8 heteroatoms. The zero-order valence-electron chi connectivity index (χ0n) is 13.2. The zero-order valence-corrected chi connectivity index (χ0v) is 13.2.